The molecule has 1 aromatic heterocycles. The first-order chi connectivity index (χ1) is 17.4. The third-order valence-corrected chi connectivity index (χ3v) is 7.55. The first-order valence-corrected chi connectivity index (χ1v) is 13.0. The smallest absolute Gasteiger partial charge is 0.254 e. The molecule has 2 atom stereocenters. The topological polar surface area (TPSA) is 49.9 Å². The summed E-state index contributed by atoms with van der Waals surface area (Å²) in [7, 11) is 0. The first kappa shape index (κ1) is 25.8. The Hall–Kier alpha value is -3.26. The average molecular weight is 513 g/mol. The number of nitrogens with zero attached hydrogens (tertiary/aromatic N) is 2. The fourth-order valence-electron chi connectivity index (χ4n) is 4.36. The zero-order chi connectivity index (χ0) is 25.7. The van der Waals surface area contributed by atoms with Gasteiger partial charge in [0.15, 0.2) is 0 Å². The van der Waals surface area contributed by atoms with E-state index in [0.29, 0.717) is 24.4 Å². The number of fused-ring (bicyclic) bond motifs is 1. The third kappa shape index (κ3) is 6.10. The molecule has 0 saturated heterocycles. The van der Waals surface area contributed by atoms with Crippen molar-refractivity contribution in [2.24, 2.45) is 5.92 Å². The molecule has 0 unspecified atom stereocenters. The van der Waals surface area contributed by atoms with Crippen LogP contribution < -0.4 is 4.74 Å². The van der Waals surface area contributed by atoms with Gasteiger partial charge in [-0.25, -0.2) is 8.78 Å². The standard InChI is InChI=1S/C28H30F2N2O3S/c1-3-19(2)16-31(28(34)20-7-9-21(29)10-8-20)17-27(33)32-13-11-26-24(12-14-36-26)25(32)18-35-23-6-4-5-22(30)15-23/h4-10,12,14-15,19,25H,3,11,13,16-18H2,1-2H3/t19-,25+/m1/s1. The quantitative estimate of drug-likeness (QED) is 0.369. The van der Waals surface area contributed by atoms with Gasteiger partial charge in [-0.15, -0.1) is 11.3 Å². The number of amides is 2. The van der Waals surface area contributed by atoms with E-state index in [9.17, 15) is 18.4 Å². The molecular formula is C28H30F2N2O3S. The molecule has 1 aliphatic rings. The van der Waals surface area contributed by atoms with E-state index in [1.165, 1.54) is 41.3 Å². The highest BCUT2D eigenvalue weighted by Crippen LogP contribution is 2.34. The van der Waals surface area contributed by atoms with Crippen LogP contribution in [-0.4, -0.2) is 47.9 Å². The Morgan fingerprint density at radius 3 is 2.64 bits per heavy atom. The summed E-state index contributed by atoms with van der Waals surface area (Å²) in [5.74, 6) is -0.700. The summed E-state index contributed by atoms with van der Waals surface area (Å²) in [6.07, 6.45) is 1.58. The Balaban J connectivity index is 1.54. The van der Waals surface area contributed by atoms with Gasteiger partial charge in [0.25, 0.3) is 5.91 Å². The molecule has 0 bridgehead atoms. The lowest BCUT2D eigenvalue weighted by Gasteiger charge is -2.37. The molecule has 4 rings (SSSR count). The van der Waals surface area contributed by atoms with Crippen molar-refractivity contribution < 1.29 is 23.1 Å². The van der Waals surface area contributed by atoms with Gasteiger partial charge in [-0.05, 0) is 65.7 Å². The molecule has 0 radical (unpaired) electrons. The van der Waals surface area contributed by atoms with Crippen LogP contribution in [0.2, 0.25) is 0 Å². The van der Waals surface area contributed by atoms with Crippen LogP contribution in [0.15, 0.2) is 60.0 Å². The van der Waals surface area contributed by atoms with Crippen LogP contribution in [0.25, 0.3) is 0 Å². The Labute approximate surface area is 214 Å². The molecule has 36 heavy (non-hydrogen) atoms. The first-order valence-electron chi connectivity index (χ1n) is 12.1. The minimum Gasteiger partial charge on any atom is -0.491 e. The SMILES string of the molecule is CC[C@@H](C)CN(CC(=O)N1CCc2sccc2[C@@H]1COc1cccc(F)c1)C(=O)c1ccc(F)cc1. The lowest BCUT2D eigenvalue weighted by Crippen LogP contribution is -2.48. The van der Waals surface area contributed by atoms with Crippen LogP contribution in [0.4, 0.5) is 8.78 Å². The van der Waals surface area contributed by atoms with E-state index in [-0.39, 0.29) is 42.7 Å². The number of thiophene rings is 1. The van der Waals surface area contributed by atoms with Crippen molar-refractivity contribution in [3.63, 3.8) is 0 Å². The highest BCUT2D eigenvalue weighted by molar-refractivity contribution is 7.10. The normalized spacial score (nSPS) is 15.8. The Bertz CT molecular complexity index is 1200. The summed E-state index contributed by atoms with van der Waals surface area (Å²) in [6, 6.07) is 13.0. The average Bonchev–Trinajstić information content (AvgIpc) is 3.36. The summed E-state index contributed by atoms with van der Waals surface area (Å²) in [6.45, 7) is 5.08. The van der Waals surface area contributed by atoms with E-state index >= 15 is 0 Å². The molecule has 2 amide bonds. The van der Waals surface area contributed by atoms with E-state index in [0.717, 1.165) is 18.4 Å². The number of carbonyl (C=O) groups excluding carboxylic acids is 2. The van der Waals surface area contributed by atoms with Crippen LogP contribution in [0.5, 0.6) is 5.75 Å². The van der Waals surface area contributed by atoms with Gasteiger partial charge in [0.2, 0.25) is 5.91 Å². The maximum absolute atomic E-state index is 13.6. The van der Waals surface area contributed by atoms with Gasteiger partial charge in [-0.1, -0.05) is 26.3 Å². The Morgan fingerprint density at radius 1 is 1.14 bits per heavy atom. The zero-order valence-electron chi connectivity index (χ0n) is 20.5. The van der Waals surface area contributed by atoms with Crippen molar-refractivity contribution in [1.29, 1.82) is 0 Å². The van der Waals surface area contributed by atoms with Crippen LogP contribution in [0.3, 0.4) is 0 Å². The minimum atomic E-state index is -0.419. The molecule has 3 aromatic rings. The van der Waals surface area contributed by atoms with Gasteiger partial charge in [-0.3, -0.25) is 9.59 Å². The number of ether oxygens (including phenoxy) is 1. The maximum atomic E-state index is 13.6. The molecule has 2 aromatic carbocycles. The second-order valence-corrected chi connectivity index (χ2v) is 10.1. The minimum absolute atomic E-state index is 0.0868. The molecule has 1 aliphatic heterocycles. The maximum Gasteiger partial charge on any atom is 0.254 e. The molecule has 2 heterocycles. The highest BCUT2D eigenvalue weighted by atomic mass is 32.1. The number of rotatable bonds is 9. The van der Waals surface area contributed by atoms with E-state index in [1.807, 2.05) is 25.3 Å². The molecule has 8 heteroatoms. The summed E-state index contributed by atoms with van der Waals surface area (Å²) in [4.78, 5) is 31.4. The van der Waals surface area contributed by atoms with Crippen molar-refractivity contribution in [2.45, 2.75) is 32.7 Å². The van der Waals surface area contributed by atoms with Crippen LogP contribution in [-0.2, 0) is 11.2 Å². The second-order valence-electron chi connectivity index (χ2n) is 9.13. The molecule has 0 saturated carbocycles. The molecule has 5 nitrogen and oxygen atoms in total. The Morgan fingerprint density at radius 2 is 1.92 bits per heavy atom. The number of benzene rings is 2. The monoisotopic (exact) mass is 512 g/mol. The molecular weight excluding hydrogens is 482 g/mol. The van der Waals surface area contributed by atoms with Gasteiger partial charge in [0.1, 0.15) is 30.5 Å². The van der Waals surface area contributed by atoms with Crippen molar-refractivity contribution >= 4 is 23.2 Å². The van der Waals surface area contributed by atoms with Crippen LogP contribution >= 0.6 is 11.3 Å². The van der Waals surface area contributed by atoms with Crippen LogP contribution in [0.1, 0.15) is 47.1 Å². The number of hydrogen-bond donors (Lipinski definition) is 0. The van der Waals surface area contributed by atoms with Gasteiger partial charge >= 0.3 is 0 Å². The van der Waals surface area contributed by atoms with Crippen molar-refractivity contribution in [3.8, 4) is 5.75 Å². The van der Waals surface area contributed by atoms with Crippen molar-refractivity contribution in [2.75, 3.05) is 26.2 Å². The fourth-order valence-corrected chi connectivity index (χ4v) is 5.29. The Kier molecular flexibility index (Phi) is 8.36. The van der Waals surface area contributed by atoms with Crippen LogP contribution in [0, 0.1) is 17.6 Å². The summed E-state index contributed by atoms with van der Waals surface area (Å²) in [5.41, 5.74) is 1.37. The van der Waals surface area contributed by atoms with Gasteiger partial charge < -0.3 is 14.5 Å². The van der Waals surface area contributed by atoms with E-state index in [4.69, 9.17) is 4.74 Å². The number of halogens is 2. The largest absolute Gasteiger partial charge is 0.491 e. The second kappa shape index (κ2) is 11.6. The summed E-state index contributed by atoms with van der Waals surface area (Å²) < 4.78 is 32.9. The number of carbonyl (C=O) groups is 2. The molecule has 0 aliphatic carbocycles. The van der Waals surface area contributed by atoms with E-state index in [1.54, 1.807) is 33.3 Å². The molecule has 0 fully saturated rings. The van der Waals surface area contributed by atoms with Crippen molar-refractivity contribution in [3.05, 3.63) is 87.6 Å². The molecule has 0 N–H and O–H groups in total. The molecule has 190 valence electrons. The van der Waals surface area contributed by atoms with Gasteiger partial charge in [0.05, 0.1) is 6.04 Å². The predicted octanol–water partition coefficient (Wildman–Crippen LogP) is 5.72. The fraction of sp³-hybridized carbons (Fsp3) is 0.357. The lowest BCUT2D eigenvalue weighted by atomic mass is 10.00. The third-order valence-electron chi connectivity index (χ3n) is 6.55. The van der Waals surface area contributed by atoms with E-state index < -0.39 is 5.82 Å². The lowest BCUT2D eigenvalue weighted by molar-refractivity contribution is -0.135. The van der Waals surface area contributed by atoms with Gasteiger partial charge in [-0.2, -0.15) is 0 Å². The highest BCUT2D eigenvalue weighted by Gasteiger charge is 2.34. The van der Waals surface area contributed by atoms with Gasteiger partial charge in [0, 0.05) is 29.6 Å². The molecule has 0 spiro atoms. The summed E-state index contributed by atoms with van der Waals surface area (Å²) >= 11 is 1.65. The van der Waals surface area contributed by atoms with E-state index in [2.05, 4.69) is 0 Å². The number of hydrogen-bond acceptors (Lipinski definition) is 4. The van der Waals surface area contributed by atoms with Crippen molar-refractivity contribution in [1.82, 2.24) is 9.80 Å². The zero-order valence-corrected chi connectivity index (χ0v) is 21.3. The predicted molar refractivity (Wildman–Crippen MR) is 136 cm³/mol. The summed E-state index contributed by atoms with van der Waals surface area (Å²) in [5, 5.41) is 2.00.